The van der Waals surface area contributed by atoms with Crippen LogP contribution in [0.15, 0.2) is 60.7 Å². The van der Waals surface area contributed by atoms with E-state index in [0.29, 0.717) is 17.1 Å². The van der Waals surface area contributed by atoms with Crippen LogP contribution < -0.4 is 25.3 Å². The average molecular weight is 604 g/mol. The third kappa shape index (κ3) is 6.60. The molecule has 42 heavy (non-hydrogen) atoms. The van der Waals surface area contributed by atoms with Crippen LogP contribution in [0, 0.1) is 0 Å². The van der Waals surface area contributed by atoms with Crippen molar-refractivity contribution in [2.75, 3.05) is 59.3 Å². The van der Waals surface area contributed by atoms with Crippen molar-refractivity contribution in [2.24, 2.45) is 0 Å². The number of rotatable bonds is 7. The van der Waals surface area contributed by atoms with Crippen molar-refractivity contribution in [1.82, 2.24) is 15.3 Å². The van der Waals surface area contributed by atoms with Gasteiger partial charge in [0.25, 0.3) is 0 Å². The average Bonchev–Trinajstić information content (AvgIpc) is 3.51. The van der Waals surface area contributed by atoms with Crippen molar-refractivity contribution in [3.05, 3.63) is 71.2 Å². The molecule has 2 aromatic carbocycles. The Labute approximate surface area is 260 Å². The molecule has 6 rings (SSSR count). The van der Waals surface area contributed by atoms with Gasteiger partial charge in [0.15, 0.2) is 5.11 Å². The van der Waals surface area contributed by atoms with Crippen molar-refractivity contribution in [1.29, 1.82) is 0 Å². The molecule has 1 aliphatic carbocycles. The van der Waals surface area contributed by atoms with Gasteiger partial charge in [0.2, 0.25) is 5.95 Å². The van der Waals surface area contributed by atoms with Crippen LogP contribution in [0.25, 0.3) is 0 Å². The zero-order valence-electron chi connectivity index (χ0n) is 24.6. The third-order valence-electron chi connectivity index (χ3n) is 9.33. The fraction of sp³-hybridized carbons (Fsp3) is 0.485. The molecule has 3 fully saturated rings. The number of para-hydroxylation sites is 1. The summed E-state index contributed by atoms with van der Waals surface area (Å²) < 4.78 is 0. The quantitative estimate of drug-likeness (QED) is 0.292. The predicted molar refractivity (Wildman–Crippen MR) is 179 cm³/mol. The van der Waals surface area contributed by atoms with Crippen molar-refractivity contribution in [2.45, 2.75) is 63.3 Å². The maximum Gasteiger partial charge on any atom is 0.232 e. The fourth-order valence-corrected chi connectivity index (χ4v) is 7.24. The van der Waals surface area contributed by atoms with E-state index >= 15 is 0 Å². The summed E-state index contributed by atoms with van der Waals surface area (Å²) in [6.07, 6.45) is 8.33. The maximum atomic E-state index is 6.38. The molecule has 0 spiro atoms. The van der Waals surface area contributed by atoms with E-state index < -0.39 is 0 Å². The monoisotopic (exact) mass is 603 g/mol. The van der Waals surface area contributed by atoms with Crippen molar-refractivity contribution < 1.29 is 0 Å². The Kier molecular flexibility index (Phi) is 9.00. The second-order valence-electron chi connectivity index (χ2n) is 12.1. The third-order valence-corrected chi connectivity index (χ3v) is 9.81. The van der Waals surface area contributed by atoms with Crippen LogP contribution in [0.1, 0.15) is 57.4 Å². The first-order valence-corrected chi connectivity index (χ1v) is 16.3. The largest absolute Gasteiger partial charge is 0.368 e. The van der Waals surface area contributed by atoms with Crippen LogP contribution in [0.4, 0.5) is 23.3 Å². The molecule has 1 unspecified atom stereocenters. The van der Waals surface area contributed by atoms with Crippen molar-refractivity contribution in [3.63, 3.8) is 0 Å². The Bertz CT molecular complexity index is 1360. The van der Waals surface area contributed by atoms with Crippen LogP contribution >= 0.6 is 23.8 Å². The predicted octanol–water partition coefficient (Wildman–Crippen LogP) is 6.63. The molecule has 1 saturated carbocycles. The van der Waals surface area contributed by atoms with Crippen molar-refractivity contribution in [3.8, 4) is 0 Å². The number of aromatic nitrogens is 2. The van der Waals surface area contributed by atoms with Gasteiger partial charge in [-0.1, -0.05) is 54.8 Å². The molecule has 2 N–H and O–H groups in total. The molecule has 0 radical (unpaired) electrons. The smallest absolute Gasteiger partial charge is 0.232 e. The lowest BCUT2D eigenvalue weighted by molar-refractivity contribution is 0.435. The van der Waals surface area contributed by atoms with Crippen LogP contribution in [-0.4, -0.2) is 60.4 Å². The van der Waals surface area contributed by atoms with Gasteiger partial charge < -0.3 is 25.3 Å². The van der Waals surface area contributed by atoms with E-state index in [1.54, 1.807) is 0 Å². The minimum absolute atomic E-state index is 0.0339. The van der Waals surface area contributed by atoms with Gasteiger partial charge in [-0.05, 0) is 81.1 Å². The lowest BCUT2D eigenvalue weighted by Gasteiger charge is -2.38. The molecule has 1 aromatic heterocycles. The lowest BCUT2D eigenvalue weighted by atomic mass is 9.79. The molecule has 0 amide bonds. The number of nitrogens with one attached hydrogen (secondary N) is 2. The molecule has 0 bridgehead atoms. The summed E-state index contributed by atoms with van der Waals surface area (Å²) in [7, 11) is 0. The van der Waals surface area contributed by atoms with Crippen LogP contribution in [0.2, 0.25) is 5.02 Å². The number of piperazine rings is 1. The molecule has 3 aliphatic rings. The van der Waals surface area contributed by atoms with Crippen LogP contribution in [0.3, 0.4) is 0 Å². The number of halogens is 1. The van der Waals surface area contributed by atoms with E-state index in [-0.39, 0.29) is 5.41 Å². The van der Waals surface area contributed by atoms with Gasteiger partial charge in [0.1, 0.15) is 11.6 Å². The summed E-state index contributed by atoms with van der Waals surface area (Å²) in [6, 6.07) is 21.6. The summed E-state index contributed by atoms with van der Waals surface area (Å²) in [5, 5.41) is 8.24. The van der Waals surface area contributed by atoms with E-state index in [4.69, 9.17) is 33.8 Å². The number of piperidine rings is 1. The normalized spacial score (nSPS) is 20.4. The molecular formula is C33H42ClN7S. The highest BCUT2D eigenvalue weighted by atomic mass is 35.5. The summed E-state index contributed by atoms with van der Waals surface area (Å²) in [5.74, 6) is 2.50. The highest BCUT2D eigenvalue weighted by Crippen LogP contribution is 2.41. The molecule has 2 saturated heterocycles. The van der Waals surface area contributed by atoms with E-state index in [1.165, 1.54) is 43.4 Å². The number of nitrogens with zero attached hydrogens (tertiary/aromatic N) is 5. The molecule has 7 nitrogen and oxygen atoms in total. The molecule has 1 atom stereocenters. The minimum Gasteiger partial charge on any atom is -0.368 e. The minimum atomic E-state index is 0.0339. The number of benzene rings is 2. The summed E-state index contributed by atoms with van der Waals surface area (Å²) in [6.45, 7) is 7.81. The Balaban J connectivity index is 1.18. The first-order valence-electron chi connectivity index (χ1n) is 15.5. The highest BCUT2D eigenvalue weighted by molar-refractivity contribution is 7.80. The molecule has 9 heteroatoms. The van der Waals surface area contributed by atoms with E-state index in [2.05, 4.69) is 86.9 Å². The SMILES string of the molecule is CC1CCCCN1c1cc(N2CCN(c3ccccc3)CC2)nc(NC(=S)NCC2(c3cccc(Cl)c3)CCCC2)n1. The fourth-order valence-electron chi connectivity index (χ4n) is 6.89. The Morgan fingerprint density at radius 1 is 0.881 bits per heavy atom. The van der Waals surface area contributed by atoms with E-state index in [9.17, 15) is 0 Å². The highest BCUT2D eigenvalue weighted by Gasteiger charge is 2.36. The zero-order chi connectivity index (χ0) is 28.9. The number of thiocarbonyl (C=S) groups is 1. The molecule has 2 aliphatic heterocycles. The van der Waals surface area contributed by atoms with Crippen LogP contribution in [-0.2, 0) is 5.41 Å². The first kappa shape index (κ1) is 29.0. The van der Waals surface area contributed by atoms with Crippen molar-refractivity contribution >= 4 is 52.2 Å². The van der Waals surface area contributed by atoms with Gasteiger partial charge in [-0.3, -0.25) is 0 Å². The first-order chi connectivity index (χ1) is 20.5. The molecular weight excluding hydrogens is 562 g/mol. The van der Waals surface area contributed by atoms with E-state index in [0.717, 1.165) is 68.8 Å². The van der Waals surface area contributed by atoms with Gasteiger partial charge in [0.05, 0.1) is 0 Å². The second-order valence-corrected chi connectivity index (χ2v) is 12.9. The lowest BCUT2D eigenvalue weighted by Crippen LogP contribution is -2.47. The Hall–Kier alpha value is -3.10. The second kappa shape index (κ2) is 13.0. The van der Waals surface area contributed by atoms with Gasteiger partial charge in [0, 0.05) is 67.5 Å². The summed E-state index contributed by atoms with van der Waals surface area (Å²) in [5.41, 5.74) is 2.60. The van der Waals surface area contributed by atoms with Crippen LogP contribution in [0.5, 0.6) is 0 Å². The summed E-state index contributed by atoms with van der Waals surface area (Å²) >= 11 is 12.2. The zero-order valence-corrected chi connectivity index (χ0v) is 26.1. The number of anilines is 4. The standard InChI is InChI=1S/C33H42ClN7S/c1-25-10-5-8-17-41(25)30-23-29(40-20-18-39(19-21-40)28-13-3-2-4-14-28)36-31(37-30)38-32(42)35-24-33(15-6-7-16-33)26-11-9-12-27(34)22-26/h2-4,9,11-14,22-23,25H,5-8,10,15-21,24H2,1H3,(H2,35,36,37,38,42). The van der Waals surface area contributed by atoms with E-state index in [1.807, 2.05) is 6.07 Å². The maximum absolute atomic E-state index is 6.38. The van der Waals surface area contributed by atoms with Gasteiger partial charge >= 0.3 is 0 Å². The van der Waals surface area contributed by atoms with Gasteiger partial charge in [-0.2, -0.15) is 9.97 Å². The molecule has 3 heterocycles. The Morgan fingerprint density at radius 3 is 2.36 bits per heavy atom. The summed E-state index contributed by atoms with van der Waals surface area (Å²) in [4.78, 5) is 17.3. The Morgan fingerprint density at radius 2 is 1.62 bits per heavy atom. The number of hydrogen-bond donors (Lipinski definition) is 2. The number of hydrogen-bond acceptors (Lipinski definition) is 6. The molecule has 3 aromatic rings. The topological polar surface area (TPSA) is 59.6 Å². The van der Waals surface area contributed by atoms with Gasteiger partial charge in [-0.25, -0.2) is 0 Å². The molecule has 222 valence electrons. The van der Waals surface area contributed by atoms with Gasteiger partial charge in [-0.15, -0.1) is 0 Å².